The fourth-order valence-electron chi connectivity index (χ4n) is 4.32. The van der Waals surface area contributed by atoms with Crippen LogP contribution in [0.4, 0.5) is 4.39 Å². The minimum absolute atomic E-state index is 0.124. The molecular formula is C19H27FO. The van der Waals surface area contributed by atoms with Crippen molar-refractivity contribution in [3.8, 4) is 0 Å². The standard InChI is InChI=1S/C19H27FO/c1-2-11-21-19-10-7-16-12-15(3-4-17(16)13-19)14-5-8-18(20)9-6-14/h5-6,8-9,15-17,19H,2-4,7,10-13H2,1H3. The highest BCUT2D eigenvalue weighted by atomic mass is 19.1. The topological polar surface area (TPSA) is 9.23 Å². The number of benzene rings is 1. The maximum atomic E-state index is 13.1. The highest BCUT2D eigenvalue weighted by Gasteiger charge is 2.36. The molecule has 0 N–H and O–H groups in total. The lowest BCUT2D eigenvalue weighted by Crippen LogP contribution is -2.33. The summed E-state index contributed by atoms with van der Waals surface area (Å²) in [4.78, 5) is 0. The summed E-state index contributed by atoms with van der Waals surface area (Å²) in [5, 5.41) is 0. The molecule has 0 aliphatic heterocycles. The second kappa shape index (κ2) is 6.91. The molecule has 0 heterocycles. The fraction of sp³-hybridized carbons (Fsp3) is 0.684. The van der Waals surface area contributed by atoms with Crippen LogP contribution in [0.5, 0.6) is 0 Å². The van der Waals surface area contributed by atoms with Crippen molar-refractivity contribution in [3.05, 3.63) is 35.6 Å². The van der Waals surface area contributed by atoms with E-state index in [1.54, 1.807) is 12.1 Å². The molecule has 2 saturated carbocycles. The van der Waals surface area contributed by atoms with Crippen molar-refractivity contribution >= 4 is 0 Å². The third-order valence-corrected chi connectivity index (χ3v) is 5.46. The van der Waals surface area contributed by atoms with Gasteiger partial charge in [0.2, 0.25) is 0 Å². The van der Waals surface area contributed by atoms with E-state index >= 15 is 0 Å². The lowest BCUT2D eigenvalue weighted by Gasteiger charge is -2.42. The van der Waals surface area contributed by atoms with E-state index in [2.05, 4.69) is 6.92 Å². The first kappa shape index (κ1) is 15.0. The first-order valence-electron chi connectivity index (χ1n) is 8.63. The Hall–Kier alpha value is -0.890. The van der Waals surface area contributed by atoms with Gasteiger partial charge >= 0.3 is 0 Å². The summed E-state index contributed by atoms with van der Waals surface area (Å²) in [5.74, 6) is 2.23. The third kappa shape index (κ3) is 3.66. The second-order valence-corrected chi connectivity index (χ2v) is 6.89. The van der Waals surface area contributed by atoms with Crippen LogP contribution in [0.15, 0.2) is 24.3 Å². The summed E-state index contributed by atoms with van der Waals surface area (Å²) in [5.41, 5.74) is 1.33. The summed E-state index contributed by atoms with van der Waals surface area (Å²) in [6.45, 7) is 3.10. The molecular weight excluding hydrogens is 263 g/mol. The Kier molecular flexibility index (Phi) is 4.95. The summed E-state index contributed by atoms with van der Waals surface area (Å²) < 4.78 is 19.0. The predicted molar refractivity (Wildman–Crippen MR) is 83.9 cm³/mol. The predicted octanol–water partition coefficient (Wildman–Crippen LogP) is 5.30. The number of ether oxygens (including phenoxy) is 1. The van der Waals surface area contributed by atoms with E-state index < -0.39 is 0 Å². The van der Waals surface area contributed by atoms with Gasteiger partial charge in [0.15, 0.2) is 0 Å². The van der Waals surface area contributed by atoms with Gasteiger partial charge in [-0.2, -0.15) is 0 Å². The van der Waals surface area contributed by atoms with Crippen LogP contribution >= 0.6 is 0 Å². The Labute approximate surface area is 127 Å². The van der Waals surface area contributed by atoms with Gasteiger partial charge in [0, 0.05) is 6.61 Å². The average molecular weight is 290 g/mol. The van der Waals surface area contributed by atoms with Gasteiger partial charge in [0.05, 0.1) is 6.10 Å². The molecule has 1 aromatic rings. The van der Waals surface area contributed by atoms with Gasteiger partial charge in [-0.3, -0.25) is 0 Å². The van der Waals surface area contributed by atoms with E-state index in [4.69, 9.17) is 4.74 Å². The van der Waals surface area contributed by atoms with Crippen LogP contribution in [0, 0.1) is 17.7 Å². The second-order valence-electron chi connectivity index (χ2n) is 6.89. The van der Waals surface area contributed by atoms with Crippen LogP contribution in [0.3, 0.4) is 0 Å². The van der Waals surface area contributed by atoms with Gasteiger partial charge < -0.3 is 4.74 Å². The number of halogens is 1. The van der Waals surface area contributed by atoms with Gasteiger partial charge in [-0.25, -0.2) is 4.39 Å². The molecule has 4 atom stereocenters. The zero-order valence-electron chi connectivity index (χ0n) is 13.1. The fourth-order valence-corrected chi connectivity index (χ4v) is 4.32. The SMILES string of the molecule is CCCOC1CCC2CC(c3ccc(F)cc3)CCC2C1. The molecule has 1 nitrogen and oxygen atoms in total. The Morgan fingerprint density at radius 2 is 1.71 bits per heavy atom. The molecule has 2 fully saturated rings. The van der Waals surface area contributed by atoms with Crippen molar-refractivity contribution in [2.24, 2.45) is 11.8 Å². The van der Waals surface area contributed by atoms with E-state index in [9.17, 15) is 4.39 Å². The molecule has 0 bridgehead atoms. The van der Waals surface area contributed by atoms with Gasteiger partial charge in [0.1, 0.15) is 5.82 Å². The number of hydrogen-bond acceptors (Lipinski definition) is 1. The Morgan fingerprint density at radius 3 is 2.48 bits per heavy atom. The van der Waals surface area contributed by atoms with E-state index in [0.29, 0.717) is 12.0 Å². The normalized spacial score (nSPS) is 32.7. The van der Waals surface area contributed by atoms with Crippen molar-refractivity contribution in [2.75, 3.05) is 6.61 Å². The molecule has 1 aromatic carbocycles. The van der Waals surface area contributed by atoms with Crippen molar-refractivity contribution < 1.29 is 9.13 Å². The largest absolute Gasteiger partial charge is 0.378 e. The van der Waals surface area contributed by atoms with Crippen LogP contribution in [0.2, 0.25) is 0 Å². The van der Waals surface area contributed by atoms with Gasteiger partial charge in [-0.15, -0.1) is 0 Å². The first-order valence-corrected chi connectivity index (χ1v) is 8.63. The van der Waals surface area contributed by atoms with Crippen molar-refractivity contribution in [1.29, 1.82) is 0 Å². The molecule has 0 radical (unpaired) electrons. The van der Waals surface area contributed by atoms with Crippen LogP contribution in [0.25, 0.3) is 0 Å². The lowest BCUT2D eigenvalue weighted by atomic mass is 9.65. The number of fused-ring (bicyclic) bond motifs is 1. The highest BCUT2D eigenvalue weighted by Crippen LogP contribution is 2.46. The molecule has 0 spiro atoms. The number of rotatable bonds is 4. The first-order chi connectivity index (χ1) is 10.3. The molecule has 0 saturated heterocycles. The summed E-state index contributed by atoms with van der Waals surface area (Å²) in [6, 6.07) is 7.18. The molecule has 0 aromatic heterocycles. The molecule has 2 aliphatic rings. The highest BCUT2D eigenvalue weighted by molar-refractivity contribution is 5.21. The minimum Gasteiger partial charge on any atom is -0.378 e. The van der Waals surface area contributed by atoms with Crippen LogP contribution < -0.4 is 0 Å². The Bertz CT molecular complexity index is 441. The minimum atomic E-state index is -0.124. The molecule has 21 heavy (non-hydrogen) atoms. The molecule has 2 aliphatic carbocycles. The molecule has 0 amide bonds. The van der Waals surface area contributed by atoms with E-state index in [1.165, 1.54) is 44.1 Å². The monoisotopic (exact) mass is 290 g/mol. The summed E-state index contributed by atoms with van der Waals surface area (Å²) in [6.07, 6.45) is 9.31. The van der Waals surface area contributed by atoms with Crippen molar-refractivity contribution in [2.45, 2.75) is 63.9 Å². The van der Waals surface area contributed by atoms with Gasteiger partial charge in [0.25, 0.3) is 0 Å². The molecule has 3 rings (SSSR count). The summed E-state index contributed by atoms with van der Waals surface area (Å²) >= 11 is 0. The lowest BCUT2D eigenvalue weighted by molar-refractivity contribution is -0.0147. The van der Waals surface area contributed by atoms with Crippen molar-refractivity contribution in [1.82, 2.24) is 0 Å². The maximum absolute atomic E-state index is 13.1. The van der Waals surface area contributed by atoms with Gasteiger partial charge in [-0.1, -0.05) is 19.1 Å². The van der Waals surface area contributed by atoms with Gasteiger partial charge in [-0.05, 0) is 80.4 Å². The molecule has 4 unspecified atom stereocenters. The quantitative estimate of drug-likeness (QED) is 0.730. The zero-order chi connectivity index (χ0) is 14.7. The van der Waals surface area contributed by atoms with Crippen LogP contribution in [-0.2, 0) is 4.74 Å². The Morgan fingerprint density at radius 1 is 1.00 bits per heavy atom. The van der Waals surface area contributed by atoms with Crippen molar-refractivity contribution in [3.63, 3.8) is 0 Å². The van der Waals surface area contributed by atoms with E-state index in [-0.39, 0.29) is 5.82 Å². The third-order valence-electron chi connectivity index (χ3n) is 5.46. The van der Waals surface area contributed by atoms with Crippen LogP contribution in [-0.4, -0.2) is 12.7 Å². The molecule has 116 valence electrons. The van der Waals surface area contributed by atoms with Crippen LogP contribution in [0.1, 0.15) is 63.4 Å². The molecule has 2 heteroatoms. The Balaban J connectivity index is 1.56. The summed E-state index contributed by atoms with van der Waals surface area (Å²) in [7, 11) is 0. The zero-order valence-corrected chi connectivity index (χ0v) is 13.1. The van der Waals surface area contributed by atoms with E-state index in [0.717, 1.165) is 24.9 Å². The maximum Gasteiger partial charge on any atom is 0.123 e. The average Bonchev–Trinajstić information content (AvgIpc) is 2.53. The van der Waals surface area contributed by atoms with E-state index in [1.807, 2.05) is 12.1 Å². The smallest absolute Gasteiger partial charge is 0.123 e. The number of hydrogen-bond donors (Lipinski definition) is 0.